The SMILES string of the molecule is CCC1CCN(C(C)C(NC)c2ccc(OC)cc2)C1. The van der Waals surface area contributed by atoms with Crippen LogP contribution in [0.1, 0.15) is 38.3 Å². The van der Waals surface area contributed by atoms with Crippen molar-refractivity contribution in [3.8, 4) is 5.75 Å². The number of ether oxygens (including phenoxy) is 1. The molecule has 3 heteroatoms. The molecule has 0 saturated carbocycles. The van der Waals surface area contributed by atoms with Crippen molar-refractivity contribution in [2.24, 2.45) is 5.92 Å². The molecule has 0 aliphatic carbocycles. The summed E-state index contributed by atoms with van der Waals surface area (Å²) in [7, 11) is 3.76. The van der Waals surface area contributed by atoms with E-state index in [1.807, 2.05) is 12.1 Å². The number of nitrogens with zero attached hydrogens (tertiary/aromatic N) is 1. The molecule has 1 aliphatic rings. The Balaban J connectivity index is 2.06. The molecule has 3 atom stereocenters. The Hall–Kier alpha value is -1.06. The molecule has 0 aromatic heterocycles. The van der Waals surface area contributed by atoms with Crippen LogP contribution < -0.4 is 10.1 Å². The van der Waals surface area contributed by atoms with Crippen molar-refractivity contribution >= 4 is 0 Å². The minimum Gasteiger partial charge on any atom is -0.497 e. The number of likely N-dealkylation sites (tertiary alicyclic amines) is 1. The molecule has 2 rings (SSSR count). The van der Waals surface area contributed by atoms with Gasteiger partial charge in [-0.15, -0.1) is 0 Å². The van der Waals surface area contributed by atoms with E-state index in [1.54, 1.807) is 7.11 Å². The van der Waals surface area contributed by atoms with E-state index in [9.17, 15) is 0 Å². The molecule has 0 radical (unpaired) electrons. The fourth-order valence-corrected chi connectivity index (χ4v) is 3.27. The lowest BCUT2D eigenvalue weighted by molar-refractivity contribution is 0.204. The van der Waals surface area contributed by atoms with Gasteiger partial charge in [0.1, 0.15) is 5.75 Å². The van der Waals surface area contributed by atoms with Crippen molar-refractivity contribution in [2.75, 3.05) is 27.2 Å². The molecule has 20 heavy (non-hydrogen) atoms. The van der Waals surface area contributed by atoms with Crippen molar-refractivity contribution in [2.45, 2.75) is 38.8 Å². The maximum atomic E-state index is 5.24. The van der Waals surface area contributed by atoms with E-state index in [1.165, 1.54) is 31.5 Å². The number of hydrogen-bond donors (Lipinski definition) is 1. The second-order valence-electron chi connectivity index (χ2n) is 5.84. The van der Waals surface area contributed by atoms with E-state index in [2.05, 4.69) is 43.2 Å². The maximum Gasteiger partial charge on any atom is 0.118 e. The number of nitrogens with one attached hydrogen (secondary N) is 1. The predicted molar refractivity (Wildman–Crippen MR) is 84.2 cm³/mol. The first kappa shape index (κ1) is 15.3. The van der Waals surface area contributed by atoms with Crippen molar-refractivity contribution in [3.05, 3.63) is 29.8 Å². The molecule has 1 heterocycles. The molecule has 0 amide bonds. The summed E-state index contributed by atoms with van der Waals surface area (Å²) in [6.07, 6.45) is 2.65. The lowest BCUT2D eigenvalue weighted by Crippen LogP contribution is -2.40. The molecule has 1 N–H and O–H groups in total. The summed E-state index contributed by atoms with van der Waals surface area (Å²) < 4.78 is 5.24. The van der Waals surface area contributed by atoms with E-state index >= 15 is 0 Å². The molecular weight excluding hydrogens is 248 g/mol. The molecule has 0 bridgehead atoms. The van der Waals surface area contributed by atoms with Gasteiger partial charge in [-0.3, -0.25) is 4.90 Å². The number of benzene rings is 1. The van der Waals surface area contributed by atoms with E-state index in [-0.39, 0.29) is 0 Å². The number of methoxy groups -OCH3 is 1. The van der Waals surface area contributed by atoms with Crippen LogP contribution in [0.3, 0.4) is 0 Å². The average Bonchev–Trinajstić information content (AvgIpc) is 2.97. The summed E-state index contributed by atoms with van der Waals surface area (Å²) in [5.74, 6) is 1.80. The topological polar surface area (TPSA) is 24.5 Å². The van der Waals surface area contributed by atoms with Crippen molar-refractivity contribution in [3.63, 3.8) is 0 Å². The molecule has 3 unspecified atom stereocenters. The van der Waals surface area contributed by atoms with Gasteiger partial charge in [-0.2, -0.15) is 0 Å². The molecule has 1 saturated heterocycles. The first-order valence-corrected chi connectivity index (χ1v) is 7.74. The highest BCUT2D eigenvalue weighted by atomic mass is 16.5. The molecule has 1 fully saturated rings. The van der Waals surface area contributed by atoms with Crippen molar-refractivity contribution < 1.29 is 4.74 Å². The fourth-order valence-electron chi connectivity index (χ4n) is 3.27. The predicted octanol–water partition coefficient (Wildman–Crippen LogP) is 3.08. The molecule has 1 aromatic rings. The summed E-state index contributed by atoms with van der Waals surface area (Å²) >= 11 is 0. The Morgan fingerprint density at radius 2 is 2.05 bits per heavy atom. The Morgan fingerprint density at radius 3 is 2.55 bits per heavy atom. The van der Waals surface area contributed by atoms with Crippen LogP contribution in [0.5, 0.6) is 5.75 Å². The lowest BCUT2D eigenvalue weighted by Gasteiger charge is -2.32. The largest absolute Gasteiger partial charge is 0.497 e. The third-order valence-corrected chi connectivity index (χ3v) is 4.74. The quantitative estimate of drug-likeness (QED) is 0.864. The monoisotopic (exact) mass is 276 g/mol. The highest BCUT2D eigenvalue weighted by molar-refractivity contribution is 5.29. The van der Waals surface area contributed by atoms with E-state index in [0.29, 0.717) is 12.1 Å². The zero-order chi connectivity index (χ0) is 14.5. The van der Waals surface area contributed by atoms with E-state index < -0.39 is 0 Å². The van der Waals surface area contributed by atoms with Gasteiger partial charge in [-0.25, -0.2) is 0 Å². The van der Waals surface area contributed by atoms with Crippen LogP contribution in [0, 0.1) is 5.92 Å². The van der Waals surface area contributed by atoms with Crippen LogP contribution in [0.15, 0.2) is 24.3 Å². The van der Waals surface area contributed by atoms with E-state index in [4.69, 9.17) is 4.74 Å². The third-order valence-electron chi connectivity index (χ3n) is 4.74. The minimum absolute atomic E-state index is 0.372. The smallest absolute Gasteiger partial charge is 0.118 e. The summed E-state index contributed by atoms with van der Waals surface area (Å²) in [5, 5.41) is 3.48. The molecule has 1 aromatic carbocycles. The first-order chi connectivity index (χ1) is 9.69. The molecular formula is C17H28N2O. The van der Waals surface area contributed by atoms with Crippen LogP contribution in [-0.4, -0.2) is 38.2 Å². The highest BCUT2D eigenvalue weighted by Crippen LogP contribution is 2.28. The van der Waals surface area contributed by atoms with Gasteiger partial charge >= 0.3 is 0 Å². The van der Waals surface area contributed by atoms with Gasteiger partial charge in [-0.1, -0.05) is 25.5 Å². The van der Waals surface area contributed by atoms with Crippen LogP contribution in [0.25, 0.3) is 0 Å². The van der Waals surface area contributed by atoms with Gasteiger partial charge in [0.25, 0.3) is 0 Å². The zero-order valence-electron chi connectivity index (χ0n) is 13.2. The average molecular weight is 276 g/mol. The van der Waals surface area contributed by atoms with Crippen LogP contribution in [0.2, 0.25) is 0 Å². The standard InChI is InChI=1S/C17H28N2O/c1-5-14-10-11-19(12-14)13(2)17(18-3)15-6-8-16(20-4)9-7-15/h6-9,13-14,17-18H,5,10-12H2,1-4H3. The Morgan fingerprint density at radius 1 is 1.35 bits per heavy atom. The molecule has 0 spiro atoms. The van der Waals surface area contributed by atoms with Crippen molar-refractivity contribution in [1.29, 1.82) is 0 Å². The highest BCUT2D eigenvalue weighted by Gasteiger charge is 2.29. The Kier molecular flexibility index (Phi) is 5.44. The zero-order valence-corrected chi connectivity index (χ0v) is 13.2. The Labute approximate surface area is 123 Å². The van der Waals surface area contributed by atoms with Gasteiger partial charge in [0.2, 0.25) is 0 Å². The fraction of sp³-hybridized carbons (Fsp3) is 0.647. The first-order valence-electron chi connectivity index (χ1n) is 7.74. The van der Waals surface area contributed by atoms with Crippen LogP contribution in [-0.2, 0) is 0 Å². The number of likely N-dealkylation sites (N-methyl/N-ethyl adjacent to an activating group) is 1. The summed E-state index contributed by atoms with van der Waals surface area (Å²) in [6, 6.07) is 9.32. The van der Waals surface area contributed by atoms with Gasteiger partial charge in [0.15, 0.2) is 0 Å². The normalized spacial score (nSPS) is 22.7. The molecule has 1 aliphatic heterocycles. The van der Waals surface area contributed by atoms with Crippen LogP contribution in [0.4, 0.5) is 0 Å². The van der Waals surface area contributed by atoms with Gasteiger partial charge in [-0.05, 0) is 50.6 Å². The summed E-state index contributed by atoms with van der Waals surface area (Å²) in [6.45, 7) is 7.11. The van der Waals surface area contributed by atoms with Crippen LogP contribution >= 0.6 is 0 Å². The molecule has 3 nitrogen and oxygen atoms in total. The number of rotatable bonds is 6. The second-order valence-corrected chi connectivity index (χ2v) is 5.84. The second kappa shape index (κ2) is 7.09. The van der Waals surface area contributed by atoms with Crippen molar-refractivity contribution in [1.82, 2.24) is 10.2 Å². The lowest BCUT2D eigenvalue weighted by atomic mass is 9.99. The molecule has 112 valence electrons. The third kappa shape index (κ3) is 3.33. The van der Waals surface area contributed by atoms with E-state index in [0.717, 1.165) is 11.7 Å². The maximum absolute atomic E-state index is 5.24. The van der Waals surface area contributed by atoms with Gasteiger partial charge in [0, 0.05) is 18.6 Å². The minimum atomic E-state index is 0.372. The summed E-state index contributed by atoms with van der Waals surface area (Å²) in [5.41, 5.74) is 1.33. The van der Waals surface area contributed by atoms with Gasteiger partial charge < -0.3 is 10.1 Å². The van der Waals surface area contributed by atoms with Gasteiger partial charge in [0.05, 0.1) is 7.11 Å². The number of hydrogen-bond acceptors (Lipinski definition) is 3. The Bertz CT molecular complexity index is 404. The summed E-state index contributed by atoms with van der Waals surface area (Å²) in [4.78, 5) is 2.62.